The van der Waals surface area contributed by atoms with Gasteiger partial charge in [-0.2, -0.15) is 0 Å². The molecule has 2 aliphatic heterocycles. The van der Waals surface area contributed by atoms with E-state index >= 15 is 0 Å². The molecular formula is C17H19FN2O4. The lowest BCUT2D eigenvalue weighted by Crippen LogP contribution is -2.48. The monoisotopic (exact) mass is 334 g/mol. The maximum absolute atomic E-state index is 13.4. The summed E-state index contributed by atoms with van der Waals surface area (Å²) < 4.78 is 18.2. The average Bonchev–Trinajstić information content (AvgIpc) is 2.88. The first-order chi connectivity index (χ1) is 11.5. The molecule has 1 aromatic rings. The molecular weight excluding hydrogens is 315 g/mol. The second kappa shape index (κ2) is 6.68. The molecule has 2 saturated heterocycles. The number of hydrogen-bond acceptors (Lipinski definition) is 5. The van der Waals surface area contributed by atoms with Gasteiger partial charge in [0.25, 0.3) is 5.91 Å². The molecule has 6 nitrogen and oxygen atoms in total. The summed E-state index contributed by atoms with van der Waals surface area (Å²) in [5.74, 6) is -1.79. The van der Waals surface area contributed by atoms with Gasteiger partial charge in [0.15, 0.2) is 0 Å². The van der Waals surface area contributed by atoms with Crippen molar-refractivity contribution in [3.05, 3.63) is 30.1 Å². The largest absolute Gasteiger partial charge is 0.469 e. The fraction of sp³-hybridized carbons (Fsp3) is 0.471. The van der Waals surface area contributed by atoms with Gasteiger partial charge in [-0.25, -0.2) is 9.29 Å². The second-order valence-corrected chi connectivity index (χ2v) is 6.12. The molecule has 2 fully saturated rings. The van der Waals surface area contributed by atoms with Crippen LogP contribution in [0.5, 0.6) is 0 Å². The van der Waals surface area contributed by atoms with Crippen LogP contribution in [0.1, 0.15) is 19.3 Å². The van der Waals surface area contributed by atoms with Crippen molar-refractivity contribution in [1.82, 2.24) is 4.90 Å². The Morgan fingerprint density at radius 3 is 2.83 bits per heavy atom. The molecule has 2 heterocycles. The van der Waals surface area contributed by atoms with E-state index in [4.69, 9.17) is 4.74 Å². The average molecular weight is 334 g/mol. The lowest BCUT2D eigenvalue weighted by molar-refractivity contribution is -0.148. The summed E-state index contributed by atoms with van der Waals surface area (Å²) >= 11 is 0. The third kappa shape index (κ3) is 3.03. The van der Waals surface area contributed by atoms with Crippen LogP contribution < -0.4 is 4.90 Å². The molecule has 0 aliphatic carbocycles. The van der Waals surface area contributed by atoms with E-state index in [9.17, 15) is 18.8 Å². The number of piperidine rings is 1. The zero-order valence-corrected chi connectivity index (χ0v) is 13.4. The minimum atomic E-state index is -0.603. The van der Waals surface area contributed by atoms with E-state index < -0.39 is 11.9 Å². The predicted molar refractivity (Wildman–Crippen MR) is 83.6 cm³/mol. The Balaban J connectivity index is 1.77. The molecule has 0 saturated carbocycles. The molecule has 0 spiro atoms. The van der Waals surface area contributed by atoms with Gasteiger partial charge in [-0.3, -0.25) is 19.3 Å². The van der Waals surface area contributed by atoms with Crippen LogP contribution in [-0.4, -0.2) is 48.9 Å². The Labute approximate surface area is 139 Å². The first-order valence-electron chi connectivity index (χ1n) is 7.95. The Morgan fingerprint density at radius 2 is 2.12 bits per heavy atom. The van der Waals surface area contributed by atoms with Crippen molar-refractivity contribution in [2.24, 2.45) is 5.92 Å². The number of halogens is 1. The summed E-state index contributed by atoms with van der Waals surface area (Å²) in [6, 6.07) is 4.83. The zero-order valence-electron chi connectivity index (χ0n) is 13.4. The van der Waals surface area contributed by atoms with Crippen LogP contribution in [0.15, 0.2) is 24.3 Å². The third-order valence-electron chi connectivity index (χ3n) is 4.62. The Kier molecular flexibility index (Phi) is 4.62. The first-order valence-corrected chi connectivity index (χ1v) is 7.95. The van der Waals surface area contributed by atoms with Crippen molar-refractivity contribution in [1.29, 1.82) is 0 Å². The van der Waals surface area contributed by atoms with Gasteiger partial charge in [0.2, 0.25) is 5.91 Å². The number of likely N-dealkylation sites (tertiary alicyclic amines) is 1. The molecule has 0 bridgehead atoms. The summed E-state index contributed by atoms with van der Waals surface area (Å²) in [6.45, 7) is 1.04. The fourth-order valence-electron chi connectivity index (χ4n) is 3.44. The molecule has 2 unspecified atom stereocenters. The van der Waals surface area contributed by atoms with Gasteiger partial charge in [-0.1, -0.05) is 6.07 Å². The molecule has 3 rings (SSSR count). The summed E-state index contributed by atoms with van der Waals surface area (Å²) in [6.07, 6.45) is 1.52. The number of benzene rings is 1. The number of imide groups is 1. The number of esters is 1. The minimum absolute atomic E-state index is 0.0449. The van der Waals surface area contributed by atoms with Crippen molar-refractivity contribution in [2.45, 2.75) is 25.3 Å². The van der Waals surface area contributed by atoms with E-state index in [-0.39, 0.29) is 35.8 Å². The highest BCUT2D eigenvalue weighted by molar-refractivity contribution is 6.22. The van der Waals surface area contributed by atoms with E-state index in [0.717, 1.165) is 11.3 Å². The molecule has 1 aromatic carbocycles. The van der Waals surface area contributed by atoms with Gasteiger partial charge < -0.3 is 4.74 Å². The highest BCUT2D eigenvalue weighted by Crippen LogP contribution is 2.29. The molecule has 7 heteroatoms. The molecule has 128 valence electrons. The highest BCUT2D eigenvalue weighted by Gasteiger charge is 2.44. The van der Waals surface area contributed by atoms with Crippen molar-refractivity contribution < 1.29 is 23.5 Å². The number of anilines is 1. The predicted octanol–water partition coefficient (Wildman–Crippen LogP) is 1.34. The number of rotatable bonds is 3. The lowest BCUT2D eigenvalue weighted by atomic mass is 9.96. The fourth-order valence-corrected chi connectivity index (χ4v) is 3.44. The number of nitrogens with zero attached hydrogens (tertiary/aromatic N) is 2. The molecule has 24 heavy (non-hydrogen) atoms. The van der Waals surface area contributed by atoms with Gasteiger partial charge in [0.05, 0.1) is 31.2 Å². The van der Waals surface area contributed by atoms with Crippen molar-refractivity contribution in [2.75, 3.05) is 25.1 Å². The number of methoxy groups -OCH3 is 1. The van der Waals surface area contributed by atoms with E-state index in [1.54, 1.807) is 0 Å². The van der Waals surface area contributed by atoms with Crippen LogP contribution in [0.25, 0.3) is 0 Å². The van der Waals surface area contributed by atoms with Gasteiger partial charge in [-0.05, 0) is 37.6 Å². The number of amides is 2. The van der Waals surface area contributed by atoms with Crippen LogP contribution >= 0.6 is 0 Å². The standard InChI is InChI=1S/C17H19FN2O4/c1-24-17(23)11-4-3-7-19(10-11)14-9-15(21)20(16(14)22)13-6-2-5-12(18)8-13/h2,5-6,8,11,14H,3-4,7,9-10H2,1H3. The molecule has 2 aliphatic rings. The van der Waals surface area contributed by atoms with E-state index in [0.29, 0.717) is 19.5 Å². The topological polar surface area (TPSA) is 66.9 Å². The van der Waals surface area contributed by atoms with Crippen LogP contribution in [0, 0.1) is 11.7 Å². The number of ether oxygens (including phenoxy) is 1. The smallest absolute Gasteiger partial charge is 0.309 e. The van der Waals surface area contributed by atoms with Gasteiger partial charge in [0, 0.05) is 6.54 Å². The van der Waals surface area contributed by atoms with Crippen LogP contribution in [-0.2, 0) is 19.1 Å². The molecule has 0 aromatic heterocycles. The second-order valence-electron chi connectivity index (χ2n) is 6.12. The maximum atomic E-state index is 13.4. The lowest BCUT2D eigenvalue weighted by Gasteiger charge is -2.34. The minimum Gasteiger partial charge on any atom is -0.469 e. The van der Waals surface area contributed by atoms with Crippen molar-refractivity contribution in [3.63, 3.8) is 0 Å². The molecule has 0 radical (unpaired) electrons. The molecule has 0 N–H and O–H groups in total. The third-order valence-corrected chi connectivity index (χ3v) is 4.62. The Bertz CT molecular complexity index is 678. The SMILES string of the molecule is COC(=O)C1CCCN(C2CC(=O)N(c3cccc(F)c3)C2=O)C1. The van der Waals surface area contributed by atoms with Crippen molar-refractivity contribution in [3.8, 4) is 0 Å². The summed E-state index contributed by atoms with van der Waals surface area (Å²) in [7, 11) is 1.34. The van der Waals surface area contributed by atoms with E-state index in [1.165, 1.54) is 31.4 Å². The summed E-state index contributed by atoms with van der Waals surface area (Å²) in [4.78, 5) is 39.6. The molecule has 2 atom stereocenters. The quantitative estimate of drug-likeness (QED) is 0.616. The first kappa shape index (κ1) is 16.6. The Hall–Kier alpha value is -2.28. The van der Waals surface area contributed by atoms with E-state index in [2.05, 4.69) is 0 Å². The number of carbonyl (C=O) groups excluding carboxylic acids is 3. The Morgan fingerprint density at radius 1 is 1.33 bits per heavy atom. The van der Waals surface area contributed by atoms with Crippen LogP contribution in [0.4, 0.5) is 10.1 Å². The van der Waals surface area contributed by atoms with Crippen LogP contribution in [0.2, 0.25) is 0 Å². The van der Waals surface area contributed by atoms with Crippen molar-refractivity contribution >= 4 is 23.5 Å². The van der Waals surface area contributed by atoms with E-state index in [1.807, 2.05) is 4.90 Å². The summed E-state index contributed by atoms with van der Waals surface area (Å²) in [5.41, 5.74) is 0.244. The number of carbonyl (C=O) groups is 3. The zero-order chi connectivity index (χ0) is 17.3. The normalized spacial score (nSPS) is 25.2. The van der Waals surface area contributed by atoms with Gasteiger partial charge in [0.1, 0.15) is 5.82 Å². The highest BCUT2D eigenvalue weighted by atomic mass is 19.1. The molecule has 2 amide bonds. The number of hydrogen-bond donors (Lipinski definition) is 0. The van der Waals surface area contributed by atoms with Crippen LogP contribution in [0.3, 0.4) is 0 Å². The summed E-state index contributed by atoms with van der Waals surface area (Å²) in [5, 5.41) is 0. The van der Waals surface area contributed by atoms with Gasteiger partial charge >= 0.3 is 5.97 Å². The maximum Gasteiger partial charge on any atom is 0.309 e. The van der Waals surface area contributed by atoms with Gasteiger partial charge in [-0.15, -0.1) is 0 Å².